The van der Waals surface area contributed by atoms with Crippen LogP contribution >= 0.6 is 22.9 Å². The van der Waals surface area contributed by atoms with Crippen molar-refractivity contribution in [3.8, 4) is 0 Å². The van der Waals surface area contributed by atoms with Gasteiger partial charge in [0.05, 0.1) is 11.4 Å². The van der Waals surface area contributed by atoms with Crippen LogP contribution in [0.3, 0.4) is 0 Å². The van der Waals surface area contributed by atoms with E-state index in [0.717, 1.165) is 20.2 Å². The number of esters is 1. The molecule has 0 saturated carbocycles. The zero-order valence-electron chi connectivity index (χ0n) is 9.91. The molecule has 0 aliphatic rings. The first-order valence-corrected chi connectivity index (χ1v) is 7.39. The minimum atomic E-state index is -4.12. The number of sulfonamides is 1. The number of carbonyl (C=O) groups excluding carboxylic acids is 1. The standard InChI is InChI=1S/C9H10ClNO6S2/c1-11(4-7(12)17-2)19(15,16)5-3-6(10)18-8(5)9(13)14/h3H,4H2,1-2H3,(H,13,14). The molecule has 0 radical (unpaired) electrons. The fourth-order valence-electron chi connectivity index (χ4n) is 1.19. The molecule has 0 fully saturated rings. The molecule has 0 unspecified atom stereocenters. The molecule has 1 aromatic heterocycles. The SMILES string of the molecule is COC(=O)CN(C)S(=O)(=O)c1cc(Cl)sc1C(=O)O. The average molecular weight is 328 g/mol. The first kappa shape index (κ1) is 15.9. The van der Waals surface area contributed by atoms with Crippen molar-refractivity contribution < 1.29 is 27.9 Å². The third-order valence-corrected chi connectivity index (χ3v) is 5.34. The zero-order chi connectivity index (χ0) is 14.8. The van der Waals surface area contributed by atoms with Gasteiger partial charge in [-0.1, -0.05) is 11.6 Å². The number of halogens is 1. The molecule has 0 saturated heterocycles. The van der Waals surface area contributed by atoms with Crippen LogP contribution in [0, 0.1) is 0 Å². The Labute approximate surface area is 118 Å². The maximum Gasteiger partial charge on any atom is 0.347 e. The average Bonchev–Trinajstić information content (AvgIpc) is 2.71. The van der Waals surface area contributed by atoms with Gasteiger partial charge in [0.1, 0.15) is 16.3 Å². The van der Waals surface area contributed by atoms with Gasteiger partial charge in [-0.05, 0) is 6.07 Å². The smallest absolute Gasteiger partial charge is 0.347 e. The predicted octanol–water partition coefficient (Wildman–Crippen LogP) is 0.893. The van der Waals surface area contributed by atoms with E-state index in [9.17, 15) is 18.0 Å². The largest absolute Gasteiger partial charge is 0.477 e. The number of carbonyl (C=O) groups is 2. The lowest BCUT2D eigenvalue weighted by atomic mass is 10.5. The van der Waals surface area contributed by atoms with Crippen LogP contribution in [0.4, 0.5) is 0 Å². The second kappa shape index (κ2) is 5.87. The van der Waals surface area contributed by atoms with Gasteiger partial charge in [0, 0.05) is 7.05 Å². The Morgan fingerprint density at radius 2 is 2.11 bits per heavy atom. The number of carboxylic acids is 1. The van der Waals surface area contributed by atoms with Crippen molar-refractivity contribution in [3.05, 3.63) is 15.3 Å². The van der Waals surface area contributed by atoms with Crippen molar-refractivity contribution in [2.45, 2.75) is 4.90 Å². The molecule has 1 rings (SSSR count). The van der Waals surface area contributed by atoms with Crippen molar-refractivity contribution in [2.24, 2.45) is 0 Å². The molecule has 0 aromatic carbocycles. The number of nitrogens with zero attached hydrogens (tertiary/aromatic N) is 1. The molecule has 0 aliphatic heterocycles. The summed E-state index contributed by atoms with van der Waals surface area (Å²) < 4.78 is 29.3. The van der Waals surface area contributed by atoms with E-state index in [4.69, 9.17) is 16.7 Å². The summed E-state index contributed by atoms with van der Waals surface area (Å²) in [5.41, 5.74) is 0. The molecule has 1 aromatic rings. The molecule has 0 aliphatic carbocycles. The zero-order valence-corrected chi connectivity index (χ0v) is 12.3. The van der Waals surface area contributed by atoms with E-state index in [1.807, 2.05) is 0 Å². The molecule has 0 atom stereocenters. The summed E-state index contributed by atoms with van der Waals surface area (Å²) in [6.45, 7) is -0.522. The number of aromatic carboxylic acids is 1. The molecule has 7 nitrogen and oxygen atoms in total. The van der Waals surface area contributed by atoms with Gasteiger partial charge in [0.15, 0.2) is 0 Å². The third kappa shape index (κ3) is 3.44. The second-order valence-electron chi connectivity index (χ2n) is 3.39. The summed E-state index contributed by atoms with van der Waals surface area (Å²) in [4.78, 5) is 21.2. The van der Waals surface area contributed by atoms with E-state index in [0.29, 0.717) is 15.6 Å². The number of thiophene rings is 1. The first-order valence-electron chi connectivity index (χ1n) is 4.76. The summed E-state index contributed by atoms with van der Waals surface area (Å²) in [6, 6.07) is 1.04. The van der Waals surface area contributed by atoms with E-state index >= 15 is 0 Å². The van der Waals surface area contributed by atoms with Crippen molar-refractivity contribution in [3.63, 3.8) is 0 Å². The molecule has 19 heavy (non-hydrogen) atoms. The molecule has 0 spiro atoms. The van der Waals surface area contributed by atoms with Crippen LogP contribution in [-0.4, -0.2) is 50.5 Å². The van der Waals surface area contributed by atoms with Crippen LogP contribution < -0.4 is 0 Å². The summed E-state index contributed by atoms with van der Waals surface area (Å²) in [6.07, 6.45) is 0. The number of likely N-dealkylation sites (N-methyl/N-ethyl adjacent to an activating group) is 1. The van der Waals surface area contributed by atoms with Gasteiger partial charge in [0.25, 0.3) is 0 Å². The Morgan fingerprint density at radius 1 is 1.53 bits per heavy atom. The highest BCUT2D eigenvalue weighted by molar-refractivity contribution is 7.89. The minimum absolute atomic E-state index is 0.0300. The molecule has 106 valence electrons. The fraction of sp³-hybridized carbons (Fsp3) is 0.333. The topological polar surface area (TPSA) is 101 Å². The Balaban J connectivity index is 3.20. The fourth-order valence-corrected chi connectivity index (χ4v) is 3.92. The highest BCUT2D eigenvalue weighted by Gasteiger charge is 2.30. The van der Waals surface area contributed by atoms with Gasteiger partial charge in [-0.15, -0.1) is 11.3 Å². The Morgan fingerprint density at radius 3 is 2.58 bits per heavy atom. The lowest BCUT2D eigenvalue weighted by molar-refractivity contribution is -0.140. The number of carboxylic acid groups (broad SMARTS) is 1. The molecule has 1 heterocycles. The van der Waals surface area contributed by atoms with Crippen LogP contribution in [0.2, 0.25) is 4.34 Å². The number of hydrogen-bond acceptors (Lipinski definition) is 6. The van der Waals surface area contributed by atoms with Crippen molar-refractivity contribution >= 4 is 44.9 Å². The molecular formula is C9H10ClNO6S2. The summed E-state index contributed by atoms with van der Waals surface area (Å²) in [5.74, 6) is -2.16. The highest BCUT2D eigenvalue weighted by atomic mass is 35.5. The third-order valence-electron chi connectivity index (χ3n) is 2.13. The molecule has 1 N–H and O–H groups in total. The Kier molecular flexibility index (Phi) is 4.91. The van der Waals surface area contributed by atoms with Crippen LogP contribution in [0.5, 0.6) is 0 Å². The monoisotopic (exact) mass is 327 g/mol. The van der Waals surface area contributed by atoms with Gasteiger partial charge in [-0.2, -0.15) is 4.31 Å². The maximum atomic E-state index is 12.1. The number of hydrogen-bond donors (Lipinski definition) is 1. The normalized spacial score (nSPS) is 11.6. The van der Waals surface area contributed by atoms with E-state index < -0.39 is 38.3 Å². The summed E-state index contributed by atoms with van der Waals surface area (Å²) in [5, 5.41) is 8.93. The van der Waals surface area contributed by atoms with Crippen molar-refractivity contribution in [1.29, 1.82) is 0 Å². The maximum absolute atomic E-state index is 12.1. The predicted molar refractivity (Wildman–Crippen MR) is 68.1 cm³/mol. The number of methoxy groups -OCH3 is 1. The van der Waals surface area contributed by atoms with Crippen molar-refractivity contribution in [1.82, 2.24) is 4.31 Å². The van der Waals surface area contributed by atoms with Gasteiger partial charge in [0.2, 0.25) is 10.0 Å². The van der Waals surface area contributed by atoms with Gasteiger partial charge < -0.3 is 9.84 Å². The first-order chi connectivity index (χ1) is 8.70. The lowest BCUT2D eigenvalue weighted by Gasteiger charge is -2.15. The molecule has 10 heteroatoms. The quantitative estimate of drug-likeness (QED) is 0.806. The van der Waals surface area contributed by atoms with Gasteiger partial charge >= 0.3 is 11.9 Å². The molecular weight excluding hydrogens is 318 g/mol. The van der Waals surface area contributed by atoms with E-state index in [1.54, 1.807) is 0 Å². The van der Waals surface area contributed by atoms with E-state index in [-0.39, 0.29) is 4.34 Å². The summed E-state index contributed by atoms with van der Waals surface area (Å²) in [7, 11) is -1.86. The van der Waals surface area contributed by atoms with Crippen LogP contribution in [0.1, 0.15) is 9.67 Å². The number of rotatable bonds is 5. The lowest BCUT2D eigenvalue weighted by Crippen LogP contribution is -2.33. The highest BCUT2D eigenvalue weighted by Crippen LogP contribution is 2.31. The second-order valence-corrected chi connectivity index (χ2v) is 7.08. The van der Waals surface area contributed by atoms with Crippen LogP contribution in [0.25, 0.3) is 0 Å². The van der Waals surface area contributed by atoms with Crippen LogP contribution in [0.15, 0.2) is 11.0 Å². The van der Waals surface area contributed by atoms with E-state index in [2.05, 4.69) is 4.74 Å². The van der Waals surface area contributed by atoms with Gasteiger partial charge in [-0.25, -0.2) is 13.2 Å². The summed E-state index contributed by atoms with van der Waals surface area (Å²) >= 11 is 6.27. The molecule has 0 amide bonds. The van der Waals surface area contributed by atoms with Crippen LogP contribution in [-0.2, 0) is 19.6 Å². The molecule has 0 bridgehead atoms. The Hall–Kier alpha value is -1.16. The van der Waals surface area contributed by atoms with Gasteiger partial charge in [-0.3, -0.25) is 4.79 Å². The number of ether oxygens (including phenoxy) is 1. The Bertz CT molecular complexity index is 608. The van der Waals surface area contributed by atoms with E-state index in [1.165, 1.54) is 0 Å². The van der Waals surface area contributed by atoms with Crippen molar-refractivity contribution in [2.75, 3.05) is 20.7 Å². The minimum Gasteiger partial charge on any atom is -0.477 e.